The highest BCUT2D eigenvalue weighted by molar-refractivity contribution is 9.10. The summed E-state index contributed by atoms with van der Waals surface area (Å²) in [7, 11) is 3.09. The van der Waals surface area contributed by atoms with Gasteiger partial charge in [-0.15, -0.1) is 0 Å². The predicted octanol–water partition coefficient (Wildman–Crippen LogP) is 4.18. The number of rotatable bonds is 4. The molecule has 0 aliphatic heterocycles. The van der Waals surface area contributed by atoms with Crippen LogP contribution in [0.1, 0.15) is 17.2 Å². The van der Waals surface area contributed by atoms with E-state index in [1.807, 2.05) is 0 Å². The van der Waals surface area contributed by atoms with E-state index < -0.39 is 23.5 Å². The zero-order valence-electron chi connectivity index (χ0n) is 11.4. The number of ether oxygens (including phenoxy) is 1. The Bertz CT molecular complexity index is 664. The molecule has 0 fully saturated rings. The maximum Gasteiger partial charge on any atom is 0.194 e. The van der Waals surface area contributed by atoms with E-state index in [2.05, 4.69) is 21.2 Å². The van der Waals surface area contributed by atoms with Gasteiger partial charge in [0.05, 0.1) is 13.2 Å². The molecule has 0 aliphatic rings. The van der Waals surface area contributed by atoms with E-state index in [0.29, 0.717) is 11.3 Å². The Balaban J connectivity index is 2.60. The van der Waals surface area contributed by atoms with Gasteiger partial charge in [0.15, 0.2) is 17.5 Å². The average Bonchev–Trinajstić information content (AvgIpc) is 2.48. The van der Waals surface area contributed by atoms with Gasteiger partial charge in [-0.3, -0.25) is 0 Å². The average molecular weight is 360 g/mol. The second-order valence-electron chi connectivity index (χ2n) is 4.37. The van der Waals surface area contributed by atoms with E-state index in [1.54, 1.807) is 25.2 Å². The van der Waals surface area contributed by atoms with Crippen molar-refractivity contribution < 1.29 is 17.9 Å². The third-order valence-electron chi connectivity index (χ3n) is 3.17. The summed E-state index contributed by atoms with van der Waals surface area (Å²) in [4.78, 5) is 0. The first kappa shape index (κ1) is 15.9. The molecule has 2 aromatic rings. The van der Waals surface area contributed by atoms with Crippen LogP contribution in [0.15, 0.2) is 34.8 Å². The summed E-state index contributed by atoms with van der Waals surface area (Å²) in [5.74, 6) is -3.40. The predicted molar refractivity (Wildman–Crippen MR) is 77.9 cm³/mol. The molecule has 21 heavy (non-hydrogen) atoms. The molecule has 0 aliphatic carbocycles. The molecule has 2 rings (SSSR count). The van der Waals surface area contributed by atoms with Crippen LogP contribution in [0, 0.1) is 17.5 Å². The summed E-state index contributed by atoms with van der Waals surface area (Å²) >= 11 is 3.33. The molecule has 0 spiro atoms. The van der Waals surface area contributed by atoms with Crippen LogP contribution in [-0.2, 0) is 0 Å². The van der Waals surface area contributed by atoms with E-state index >= 15 is 0 Å². The highest BCUT2D eigenvalue weighted by Crippen LogP contribution is 2.34. The van der Waals surface area contributed by atoms with Crippen LogP contribution in [0.3, 0.4) is 0 Å². The van der Waals surface area contributed by atoms with E-state index in [0.717, 1.165) is 10.5 Å². The fraction of sp³-hybridized carbons (Fsp3) is 0.200. The van der Waals surface area contributed by atoms with E-state index in [-0.39, 0.29) is 5.56 Å². The lowest BCUT2D eigenvalue weighted by Gasteiger charge is -2.21. The first-order chi connectivity index (χ1) is 9.99. The summed E-state index contributed by atoms with van der Waals surface area (Å²) < 4.78 is 46.5. The van der Waals surface area contributed by atoms with Gasteiger partial charge in [0.1, 0.15) is 5.75 Å². The van der Waals surface area contributed by atoms with Crippen LogP contribution in [0.5, 0.6) is 5.75 Å². The minimum absolute atomic E-state index is 0.00722. The highest BCUT2D eigenvalue weighted by Gasteiger charge is 2.23. The van der Waals surface area contributed by atoms with Gasteiger partial charge in [-0.2, -0.15) is 0 Å². The maximum atomic E-state index is 14.0. The van der Waals surface area contributed by atoms with Crippen molar-refractivity contribution in [2.24, 2.45) is 0 Å². The third kappa shape index (κ3) is 3.06. The summed E-state index contributed by atoms with van der Waals surface area (Å²) in [6.45, 7) is 0. The summed E-state index contributed by atoms with van der Waals surface area (Å²) in [6, 6.07) is 6.67. The molecule has 0 saturated heterocycles. The van der Waals surface area contributed by atoms with Crippen LogP contribution < -0.4 is 10.1 Å². The fourth-order valence-electron chi connectivity index (χ4n) is 2.17. The van der Waals surface area contributed by atoms with E-state index in [9.17, 15) is 13.2 Å². The van der Waals surface area contributed by atoms with Crippen LogP contribution >= 0.6 is 15.9 Å². The Morgan fingerprint density at radius 1 is 1.05 bits per heavy atom. The number of methoxy groups -OCH3 is 1. The second-order valence-corrected chi connectivity index (χ2v) is 5.29. The van der Waals surface area contributed by atoms with Crippen molar-refractivity contribution in [3.05, 3.63) is 63.4 Å². The van der Waals surface area contributed by atoms with Crippen LogP contribution in [0.2, 0.25) is 0 Å². The molecule has 1 N–H and O–H groups in total. The molecule has 0 aromatic heterocycles. The number of hydrogen-bond acceptors (Lipinski definition) is 2. The molecule has 112 valence electrons. The van der Waals surface area contributed by atoms with E-state index in [4.69, 9.17) is 4.74 Å². The van der Waals surface area contributed by atoms with Crippen molar-refractivity contribution in [3.63, 3.8) is 0 Å². The summed E-state index contributed by atoms with van der Waals surface area (Å²) in [5, 5.41) is 2.89. The highest BCUT2D eigenvalue weighted by atomic mass is 79.9. The minimum Gasteiger partial charge on any atom is -0.496 e. The third-order valence-corrected chi connectivity index (χ3v) is 3.66. The normalized spacial score (nSPS) is 12.3. The lowest BCUT2D eigenvalue weighted by atomic mass is 9.97. The number of hydrogen-bond donors (Lipinski definition) is 1. The zero-order chi connectivity index (χ0) is 15.6. The Hall–Kier alpha value is -1.53. The Morgan fingerprint density at radius 3 is 2.38 bits per heavy atom. The van der Waals surface area contributed by atoms with E-state index in [1.165, 1.54) is 13.2 Å². The molecular weight excluding hydrogens is 347 g/mol. The zero-order valence-corrected chi connectivity index (χ0v) is 13.0. The lowest BCUT2D eigenvalue weighted by molar-refractivity contribution is 0.402. The van der Waals surface area contributed by atoms with Gasteiger partial charge < -0.3 is 10.1 Å². The summed E-state index contributed by atoms with van der Waals surface area (Å²) in [6.07, 6.45) is 0. The Labute approximate surface area is 129 Å². The molecule has 2 nitrogen and oxygen atoms in total. The van der Waals surface area contributed by atoms with Crippen LogP contribution in [0.4, 0.5) is 13.2 Å². The molecule has 0 bridgehead atoms. The number of benzene rings is 2. The molecule has 1 atom stereocenters. The topological polar surface area (TPSA) is 21.3 Å². The van der Waals surface area contributed by atoms with Crippen molar-refractivity contribution >= 4 is 15.9 Å². The molecule has 2 aromatic carbocycles. The first-order valence-corrected chi connectivity index (χ1v) is 6.93. The van der Waals surface area contributed by atoms with Crippen LogP contribution in [-0.4, -0.2) is 14.2 Å². The van der Waals surface area contributed by atoms with Gasteiger partial charge in [-0.25, -0.2) is 13.2 Å². The first-order valence-electron chi connectivity index (χ1n) is 6.13. The van der Waals surface area contributed by atoms with Gasteiger partial charge in [-0.05, 0) is 31.3 Å². The van der Waals surface area contributed by atoms with Gasteiger partial charge in [0, 0.05) is 15.6 Å². The molecule has 0 radical (unpaired) electrons. The van der Waals surface area contributed by atoms with Crippen LogP contribution in [0.25, 0.3) is 0 Å². The fourth-order valence-corrected chi connectivity index (χ4v) is 2.55. The lowest BCUT2D eigenvalue weighted by Crippen LogP contribution is -2.20. The Kier molecular flexibility index (Phi) is 4.90. The van der Waals surface area contributed by atoms with Crippen molar-refractivity contribution in [3.8, 4) is 5.75 Å². The van der Waals surface area contributed by atoms with Crippen molar-refractivity contribution in [2.75, 3.05) is 14.2 Å². The maximum absolute atomic E-state index is 14.0. The van der Waals surface area contributed by atoms with Gasteiger partial charge in [-0.1, -0.05) is 22.0 Å². The monoisotopic (exact) mass is 359 g/mol. The van der Waals surface area contributed by atoms with Gasteiger partial charge in [0.2, 0.25) is 0 Å². The van der Waals surface area contributed by atoms with Crippen molar-refractivity contribution in [2.45, 2.75) is 6.04 Å². The Morgan fingerprint density at radius 2 is 1.76 bits per heavy atom. The largest absolute Gasteiger partial charge is 0.496 e. The number of nitrogens with one attached hydrogen (secondary N) is 1. The van der Waals surface area contributed by atoms with Gasteiger partial charge >= 0.3 is 0 Å². The molecule has 0 heterocycles. The second kappa shape index (κ2) is 6.49. The minimum atomic E-state index is -1.48. The van der Waals surface area contributed by atoms with Gasteiger partial charge in [0.25, 0.3) is 0 Å². The standard InChI is InChI=1S/C15H13BrF3NO/c1-20-15(9-4-5-11(17)14(19)13(9)18)10-7-8(16)3-6-12(10)21-2/h3-7,15,20H,1-2H3. The summed E-state index contributed by atoms with van der Waals surface area (Å²) in [5.41, 5.74) is 0.618. The molecule has 6 heteroatoms. The SMILES string of the molecule is CNC(c1cc(Br)ccc1OC)c1ccc(F)c(F)c1F. The molecule has 1 unspecified atom stereocenters. The molecule has 0 saturated carbocycles. The quantitative estimate of drug-likeness (QED) is 0.826. The smallest absolute Gasteiger partial charge is 0.194 e. The van der Waals surface area contributed by atoms with Crippen molar-refractivity contribution in [1.29, 1.82) is 0 Å². The molecule has 0 amide bonds. The van der Waals surface area contributed by atoms with Crippen molar-refractivity contribution in [1.82, 2.24) is 5.32 Å². The number of halogens is 4. The molecular formula is C15H13BrF3NO.